The number of H-pyrrole nitrogens is 1. The fourth-order valence-electron chi connectivity index (χ4n) is 1.26. The number of nitrogens with zero attached hydrogens (tertiary/aromatic N) is 2. The first-order valence-electron chi connectivity index (χ1n) is 5.47. The van der Waals surface area contributed by atoms with E-state index in [1.807, 2.05) is 6.92 Å². The van der Waals surface area contributed by atoms with Crippen molar-refractivity contribution in [3.05, 3.63) is 39.9 Å². The monoisotopic (exact) mass is 271 g/mol. The Morgan fingerprint density at radius 2 is 2.50 bits per heavy atom. The van der Waals surface area contributed by atoms with Crippen LogP contribution in [0.25, 0.3) is 0 Å². The van der Waals surface area contributed by atoms with Crippen LogP contribution in [0.2, 0.25) is 0 Å². The standard InChI is InChI=1S/C10H17N5O2S/c1-8-9(14-7-13-8)6-18-4-3-12-10(11-2)5-15(16)17/h5,7,11-12H,3-4,6H2,1-2H3,(H,13,14)/b10-5+. The summed E-state index contributed by atoms with van der Waals surface area (Å²) in [5.74, 6) is 2.10. The predicted molar refractivity (Wildman–Crippen MR) is 71.6 cm³/mol. The Morgan fingerprint density at radius 3 is 3.06 bits per heavy atom. The molecular formula is C10H17N5O2S. The van der Waals surface area contributed by atoms with Gasteiger partial charge in [0.2, 0.25) is 0 Å². The number of rotatable bonds is 8. The molecule has 100 valence electrons. The number of hydrogen-bond acceptors (Lipinski definition) is 6. The van der Waals surface area contributed by atoms with E-state index in [0.29, 0.717) is 12.4 Å². The van der Waals surface area contributed by atoms with E-state index >= 15 is 0 Å². The van der Waals surface area contributed by atoms with Gasteiger partial charge < -0.3 is 15.6 Å². The average Bonchev–Trinajstić information content (AvgIpc) is 2.72. The number of aromatic nitrogens is 2. The van der Waals surface area contributed by atoms with Gasteiger partial charge in [-0.1, -0.05) is 0 Å². The Morgan fingerprint density at radius 1 is 1.72 bits per heavy atom. The second-order valence-electron chi connectivity index (χ2n) is 3.53. The van der Waals surface area contributed by atoms with Crippen LogP contribution in [0, 0.1) is 17.0 Å². The topological polar surface area (TPSA) is 95.9 Å². The zero-order valence-corrected chi connectivity index (χ0v) is 11.2. The number of thioether (sulfide) groups is 1. The first-order valence-corrected chi connectivity index (χ1v) is 6.62. The van der Waals surface area contributed by atoms with Crippen LogP contribution in [0.5, 0.6) is 0 Å². The predicted octanol–water partition coefficient (Wildman–Crippen LogP) is 0.836. The Labute approximate surface area is 110 Å². The zero-order valence-electron chi connectivity index (χ0n) is 10.4. The highest BCUT2D eigenvalue weighted by Crippen LogP contribution is 2.11. The molecule has 0 aliphatic heterocycles. The van der Waals surface area contributed by atoms with Gasteiger partial charge in [0.15, 0.2) is 5.82 Å². The van der Waals surface area contributed by atoms with E-state index in [1.54, 1.807) is 25.1 Å². The summed E-state index contributed by atoms with van der Waals surface area (Å²) >= 11 is 1.73. The van der Waals surface area contributed by atoms with Crippen molar-refractivity contribution in [1.82, 2.24) is 20.6 Å². The summed E-state index contributed by atoms with van der Waals surface area (Å²) in [6, 6.07) is 0. The number of imidazole rings is 1. The van der Waals surface area contributed by atoms with Gasteiger partial charge in [-0.25, -0.2) is 4.98 Å². The maximum Gasteiger partial charge on any atom is 0.274 e. The van der Waals surface area contributed by atoms with Gasteiger partial charge in [0, 0.05) is 30.8 Å². The van der Waals surface area contributed by atoms with Crippen molar-refractivity contribution in [2.24, 2.45) is 0 Å². The van der Waals surface area contributed by atoms with Crippen molar-refractivity contribution in [2.75, 3.05) is 19.3 Å². The summed E-state index contributed by atoms with van der Waals surface area (Å²) in [5.41, 5.74) is 2.13. The van der Waals surface area contributed by atoms with Crippen LogP contribution in [0.4, 0.5) is 0 Å². The number of aromatic amines is 1. The number of nitrogens with one attached hydrogen (secondary N) is 3. The van der Waals surface area contributed by atoms with Crippen molar-refractivity contribution in [1.29, 1.82) is 0 Å². The summed E-state index contributed by atoms with van der Waals surface area (Å²) in [6.07, 6.45) is 2.60. The molecule has 1 aromatic rings. The average molecular weight is 271 g/mol. The highest BCUT2D eigenvalue weighted by Gasteiger charge is 2.02. The fraction of sp³-hybridized carbons (Fsp3) is 0.500. The summed E-state index contributed by atoms with van der Waals surface area (Å²) in [4.78, 5) is 17.0. The van der Waals surface area contributed by atoms with Crippen molar-refractivity contribution >= 4 is 11.8 Å². The molecule has 7 nitrogen and oxygen atoms in total. The minimum Gasteiger partial charge on any atom is -0.370 e. The van der Waals surface area contributed by atoms with Gasteiger partial charge in [0.25, 0.3) is 6.20 Å². The van der Waals surface area contributed by atoms with Gasteiger partial charge in [-0.05, 0) is 6.92 Å². The maximum absolute atomic E-state index is 10.3. The lowest BCUT2D eigenvalue weighted by Gasteiger charge is -2.07. The molecule has 0 saturated heterocycles. The normalized spacial score (nSPS) is 11.3. The molecule has 0 aliphatic carbocycles. The highest BCUT2D eigenvalue weighted by atomic mass is 32.2. The SMILES string of the molecule is CN/C(=C\[N+](=O)[O-])NCCSCc1nc[nH]c1C. The van der Waals surface area contributed by atoms with Crippen molar-refractivity contribution in [3.8, 4) is 0 Å². The molecule has 1 aromatic heterocycles. The third-order valence-electron chi connectivity index (χ3n) is 2.24. The summed E-state index contributed by atoms with van der Waals surface area (Å²) < 4.78 is 0. The quantitative estimate of drug-likeness (QED) is 0.368. The molecule has 0 fully saturated rings. The van der Waals surface area contributed by atoms with Crippen LogP contribution in [0.3, 0.4) is 0 Å². The van der Waals surface area contributed by atoms with Crippen molar-refractivity contribution in [3.63, 3.8) is 0 Å². The molecule has 0 amide bonds. The van der Waals surface area contributed by atoms with E-state index in [0.717, 1.165) is 29.1 Å². The van der Waals surface area contributed by atoms with Crippen molar-refractivity contribution in [2.45, 2.75) is 12.7 Å². The van der Waals surface area contributed by atoms with Crippen LogP contribution < -0.4 is 10.6 Å². The van der Waals surface area contributed by atoms with E-state index < -0.39 is 4.92 Å². The smallest absolute Gasteiger partial charge is 0.274 e. The van der Waals surface area contributed by atoms with E-state index in [9.17, 15) is 10.1 Å². The van der Waals surface area contributed by atoms with Gasteiger partial charge >= 0.3 is 0 Å². The third-order valence-corrected chi connectivity index (χ3v) is 3.21. The summed E-state index contributed by atoms with van der Waals surface area (Å²) in [6.45, 7) is 2.65. The molecule has 0 bridgehead atoms. The molecule has 0 aliphatic rings. The first-order chi connectivity index (χ1) is 8.63. The minimum absolute atomic E-state index is 0.413. The highest BCUT2D eigenvalue weighted by molar-refractivity contribution is 7.98. The lowest BCUT2D eigenvalue weighted by atomic mass is 10.4. The molecule has 0 unspecified atom stereocenters. The van der Waals surface area contributed by atoms with Crippen LogP contribution in [-0.4, -0.2) is 34.2 Å². The molecule has 0 saturated carbocycles. The first kappa shape index (κ1) is 14.4. The van der Waals surface area contributed by atoms with Crippen LogP contribution in [0.1, 0.15) is 11.4 Å². The number of nitro groups is 1. The van der Waals surface area contributed by atoms with Gasteiger partial charge in [-0.2, -0.15) is 11.8 Å². The fourth-order valence-corrected chi connectivity index (χ4v) is 2.14. The second-order valence-corrected chi connectivity index (χ2v) is 4.64. The molecule has 0 atom stereocenters. The molecule has 8 heteroatoms. The second kappa shape index (κ2) is 7.59. The molecule has 0 aromatic carbocycles. The number of hydrogen-bond donors (Lipinski definition) is 3. The molecule has 3 N–H and O–H groups in total. The lowest BCUT2D eigenvalue weighted by molar-refractivity contribution is -0.404. The van der Waals surface area contributed by atoms with Gasteiger partial charge in [-0.3, -0.25) is 10.1 Å². The Kier molecular flexibility index (Phi) is 6.06. The van der Waals surface area contributed by atoms with E-state index in [2.05, 4.69) is 20.6 Å². The van der Waals surface area contributed by atoms with Crippen LogP contribution in [0.15, 0.2) is 18.3 Å². The van der Waals surface area contributed by atoms with E-state index in [1.165, 1.54) is 0 Å². The van der Waals surface area contributed by atoms with E-state index in [-0.39, 0.29) is 0 Å². The third kappa shape index (κ3) is 5.09. The Hall–Kier alpha value is -1.70. The van der Waals surface area contributed by atoms with Gasteiger partial charge in [-0.15, -0.1) is 0 Å². The largest absolute Gasteiger partial charge is 0.370 e. The molecule has 0 radical (unpaired) electrons. The molecular weight excluding hydrogens is 254 g/mol. The number of aryl methyl sites for hydroxylation is 1. The lowest BCUT2D eigenvalue weighted by Crippen LogP contribution is -2.26. The zero-order chi connectivity index (χ0) is 13.4. The molecule has 1 rings (SSSR count). The van der Waals surface area contributed by atoms with Crippen LogP contribution in [-0.2, 0) is 5.75 Å². The van der Waals surface area contributed by atoms with Crippen molar-refractivity contribution < 1.29 is 4.92 Å². The summed E-state index contributed by atoms with van der Waals surface area (Å²) in [7, 11) is 1.64. The van der Waals surface area contributed by atoms with Gasteiger partial charge in [0.05, 0.1) is 16.9 Å². The molecule has 18 heavy (non-hydrogen) atoms. The van der Waals surface area contributed by atoms with E-state index in [4.69, 9.17) is 0 Å². The van der Waals surface area contributed by atoms with Crippen LogP contribution >= 0.6 is 11.8 Å². The minimum atomic E-state index is -0.487. The Balaban J connectivity index is 2.19. The maximum atomic E-state index is 10.3. The molecule has 0 spiro atoms. The Bertz CT molecular complexity index is 418. The molecule has 1 heterocycles. The van der Waals surface area contributed by atoms with Gasteiger partial charge in [0.1, 0.15) is 0 Å². The summed E-state index contributed by atoms with van der Waals surface area (Å²) in [5, 5.41) is 16.0.